The molecule has 1 atom stereocenters. The van der Waals surface area contributed by atoms with Crippen LogP contribution in [0.4, 0.5) is 0 Å². The van der Waals surface area contributed by atoms with Crippen molar-refractivity contribution in [3.8, 4) is 0 Å². The van der Waals surface area contributed by atoms with Crippen LogP contribution in [0.5, 0.6) is 0 Å². The molecule has 1 aromatic heterocycles. The molecule has 0 spiro atoms. The number of nitrogens with one attached hydrogen (secondary N) is 1. The molecular weight excluding hydrogens is 138 g/mol. The average molecular weight is 151 g/mol. The molecule has 2 nitrogen and oxygen atoms in total. The number of fused-ring (bicyclic) bond motifs is 1. The Bertz CT molecular complexity index is 241. The van der Waals surface area contributed by atoms with E-state index in [0.717, 1.165) is 12.8 Å². The highest BCUT2D eigenvalue weighted by Gasteiger charge is 2.18. The Morgan fingerprint density at radius 2 is 2.55 bits per heavy atom. The third kappa shape index (κ3) is 1.18. The maximum absolute atomic E-state index is 5.32. The van der Waals surface area contributed by atoms with Crippen LogP contribution in [-0.2, 0) is 12.8 Å². The molecule has 0 aromatic carbocycles. The van der Waals surface area contributed by atoms with E-state index in [1.54, 1.807) is 6.26 Å². The Kier molecular flexibility index (Phi) is 1.70. The molecule has 0 bridgehead atoms. The van der Waals surface area contributed by atoms with Gasteiger partial charge in [-0.2, -0.15) is 0 Å². The molecule has 1 aliphatic rings. The second-order valence-electron chi connectivity index (χ2n) is 3.10. The van der Waals surface area contributed by atoms with Crippen molar-refractivity contribution in [2.24, 2.45) is 0 Å². The van der Waals surface area contributed by atoms with Crippen molar-refractivity contribution in [3.05, 3.63) is 23.7 Å². The first kappa shape index (κ1) is 6.92. The van der Waals surface area contributed by atoms with Gasteiger partial charge in [-0.05, 0) is 31.5 Å². The van der Waals surface area contributed by atoms with Gasteiger partial charge in [0, 0.05) is 12.5 Å². The molecule has 11 heavy (non-hydrogen) atoms. The van der Waals surface area contributed by atoms with E-state index in [1.807, 2.05) is 7.05 Å². The molecule has 2 rings (SSSR count). The van der Waals surface area contributed by atoms with Gasteiger partial charge in [-0.15, -0.1) is 0 Å². The van der Waals surface area contributed by atoms with Crippen molar-refractivity contribution >= 4 is 0 Å². The van der Waals surface area contributed by atoms with Gasteiger partial charge >= 0.3 is 0 Å². The minimum atomic E-state index is 0.653. The topological polar surface area (TPSA) is 25.2 Å². The monoisotopic (exact) mass is 151 g/mol. The lowest BCUT2D eigenvalue weighted by molar-refractivity contribution is 0.428. The fourth-order valence-electron chi connectivity index (χ4n) is 1.69. The Balaban J connectivity index is 2.18. The molecule has 0 radical (unpaired) electrons. The van der Waals surface area contributed by atoms with E-state index in [0.29, 0.717) is 6.04 Å². The van der Waals surface area contributed by atoms with Crippen molar-refractivity contribution in [2.75, 3.05) is 7.05 Å². The lowest BCUT2D eigenvalue weighted by Gasteiger charge is -2.20. The molecule has 0 saturated carbocycles. The summed E-state index contributed by atoms with van der Waals surface area (Å²) in [5.41, 5.74) is 1.38. The van der Waals surface area contributed by atoms with Crippen molar-refractivity contribution in [1.29, 1.82) is 0 Å². The summed E-state index contributed by atoms with van der Waals surface area (Å²) in [6.45, 7) is 0. The van der Waals surface area contributed by atoms with Crippen LogP contribution < -0.4 is 5.32 Å². The summed E-state index contributed by atoms with van der Waals surface area (Å²) in [6.07, 6.45) is 5.22. The quantitative estimate of drug-likeness (QED) is 0.655. The molecule has 2 heteroatoms. The van der Waals surface area contributed by atoms with Crippen LogP contribution in [-0.4, -0.2) is 13.1 Å². The van der Waals surface area contributed by atoms with Crippen LogP contribution in [0.2, 0.25) is 0 Å². The fourth-order valence-corrected chi connectivity index (χ4v) is 1.69. The van der Waals surface area contributed by atoms with E-state index < -0.39 is 0 Å². The van der Waals surface area contributed by atoms with Gasteiger partial charge in [-0.3, -0.25) is 0 Å². The van der Waals surface area contributed by atoms with Crippen molar-refractivity contribution in [3.63, 3.8) is 0 Å². The predicted molar refractivity (Wildman–Crippen MR) is 43.6 cm³/mol. The third-order valence-corrected chi connectivity index (χ3v) is 2.43. The van der Waals surface area contributed by atoms with Gasteiger partial charge in [-0.1, -0.05) is 0 Å². The molecule has 1 aliphatic carbocycles. The summed E-state index contributed by atoms with van der Waals surface area (Å²) in [4.78, 5) is 0. The Labute approximate surface area is 66.6 Å². The molecule has 0 fully saturated rings. The number of rotatable bonds is 1. The number of furan rings is 1. The molecule has 1 aromatic rings. The zero-order valence-corrected chi connectivity index (χ0v) is 6.76. The van der Waals surface area contributed by atoms with Gasteiger partial charge in [0.25, 0.3) is 0 Å². The normalized spacial score (nSPS) is 23.2. The third-order valence-electron chi connectivity index (χ3n) is 2.43. The summed E-state index contributed by atoms with van der Waals surface area (Å²) in [7, 11) is 2.02. The Hall–Kier alpha value is -0.760. The lowest BCUT2D eigenvalue weighted by atomic mass is 9.94. The number of hydrogen-bond acceptors (Lipinski definition) is 2. The number of aryl methyl sites for hydroxylation is 1. The molecule has 1 heterocycles. The van der Waals surface area contributed by atoms with Crippen LogP contribution in [0, 0.1) is 0 Å². The van der Waals surface area contributed by atoms with E-state index in [-0.39, 0.29) is 0 Å². The molecule has 0 saturated heterocycles. The lowest BCUT2D eigenvalue weighted by Crippen LogP contribution is -2.30. The minimum absolute atomic E-state index is 0.653. The first-order chi connectivity index (χ1) is 5.40. The van der Waals surface area contributed by atoms with E-state index in [9.17, 15) is 0 Å². The maximum atomic E-state index is 5.32. The number of likely N-dealkylation sites (N-methyl/N-ethyl adjacent to an activating group) is 1. The predicted octanol–water partition coefficient (Wildman–Crippen LogP) is 1.36. The van der Waals surface area contributed by atoms with Gasteiger partial charge in [-0.25, -0.2) is 0 Å². The Morgan fingerprint density at radius 3 is 3.36 bits per heavy atom. The van der Waals surface area contributed by atoms with E-state index in [4.69, 9.17) is 4.42 Å². The van der Waals surface area contributed by atoms with Crippen LogP contribution >= 0.6 is 0 Å². The maximum Gasteiger partial charge on any atom is 0.107 e. The van der Waals surface area contributed by atoms with Gasteiger partial charge < -0.3 is 9.73 Å². The average Bonchev–Trinajstić information content (AvgIpc) is 2.50. The van der Waals surface area contributed by atoms with Crippen LogP contribution in [0.1, 0.15) is 17.7 Å². The van der Waals surface area contributed by atoms with Gasteiger partial charge in [0.2, 0.25) is 0 Å². The second kappa shape index (κ2) is 2.70. The van der Waals surface area contributed by atoms with Crippen LogP contribution in [0.25, 0.3) is 0 Å². The summed E-state index contributed by atoms with van der Waals surface area (Å²) in [5, 5.41) is 3.29. The van der Waals surface area contributed by atoms with E-state index in [1.165, 1.54) is 17.7 Å². The largest absolute Gasteiger partial charge is 0.469 e. The highest BCUT2D eigenvalue weighted by Crippen LogP contribution is 2.21. The highest BCUT2D eigenvalue weighted by atomic mass is 16.3. The SMILES string of the molecule is CNC1CCc2occc2C1. The van der Waals surface area contributed by atoms with Gasteiger partial charge in [0.15, 0.2) is 0 Å². The summed E-state index contributed by atoms with van der Waals surface area (Å²) >= 11 is 0. The second-order valence-corrected chi connectivity index (χ2v) is 3.10. The van der Waals surface area contributed by atoms with Gasteiger partial charge in [0.05, 0.1) is 6.26 Å². The molecular formula is C9H13NO. The molecule has 0 amide bonds. The first-order valence-corrected chi connectivity index (χ1v) is 4.12. The highest BCUT2D eigenvalue weighted by molar-refractivity contribution is 5.21. The summed E-state index contributed by atoms with van der Waals surface area (Å²) in [6, 6.07) is 2.74. The zero-order chi connectivity index (χ0) is 7.68. The molecule has 0 aliphatic heterocycles. The van der Waals surface area contributed by atoms with E-state index >= 15 is 0 Å². The molecule has 1 N–H and O–H groups in total. The molecule has 60 valence electrons. The van der Waals surface area contributed by atoms with Gasteiger partial charge in [0.1, 0.15) is 5.76 Å². The minimum Gasteiger partial charge on any atom is -0.469 e. The molecule has 1 unspecified atom stereocenters. The fraction of sp³-hybridized carbons (Fsp3) is 0.556. The summed E-state index contributed by atoms with van der Waals surface area (Å²) < 4.78 is 5.32. The van der Waals surface area contributed by atoms with Crippen LogP contribution in [0.15, 0.2) is 16.7 Å². The number of hydrogen-bond donors (Lipinski definition) is 1. The van der Waals surface area contributed by atoms with Crippen molar-refractivity contribution in [1.82, 2.24) is 5.32 Å². The first-order valence-electron chi connectivity index (χ1n) is 4.12. The smallest absolute Gasteiger partial charge is 0.107 e. The zero-order valence-electron chi connectivity index (χ0n) is 6.76. The standard InChI is InChI=1S/C9H13NO/c1-10-8-2-3-9-7(6-8)4-5-11-9/h4-5,8,10H,2-3,6H2,1H3. The van der Waals surface area contributed by atoms with Crippen molar-refractivity contribution < 1.29 is 4.42 Å². The van der Waals surface area contributed by atoms with Crippen LogP contribution in [0.3, 0.4) is 0 Å². The van der Waals surface area contributed by atoms with Crippen molar-refractivity contribution in [2.45, 2.75) is 25.3 Å². The summed E-state index contributed by atoms with van der Waals surface area (Å²) in [5.74, 6) is 1.19. The Morgan fingerprint density at radius 1 is 1.64 bits per heavy atom. The van der Waals surface area contributed by atoms with E-state index in [2.05, 4.69) is 11.4 Å².